The van der Waals surface area contributed by atoms with Gasteiger partial charge in [0.05, 0.1) is 16.9 Å². The van der Waals surface area contributed by atoms with E-state index in [1.165, 1.54) is 13.2 Å². The lowest BCUT2D eigenvalue weighted by Gasteiger charge is -2.07. The fourth-order valence-electron chi connectivity index (χ4n) is 1.59. The molecule has 9 nitrogen and oxygen atoms in total. The number of benzene rings is 1. The lowest BCUT2D eigenvalue weighted by atomic mass is 10.3. The molecule has 0 spiro atoms. The predicted molar refractivity (Wildman–Crippen MR) is 71.7 cm³/mol. The van der Waals surface area contributed by atoms with Crippen molar-refractivity contribution in [1.82, 2.24) is 5.16 Å². The highest BCUT2D eigenvalue weighted by Crippen LogP contribution is 2.29. The molecule has 0 atom stereocenters. The number of hydrogen-bond acceptors (Lipinski definition) is 7. The number of hydrogen-bond donors (Lipinski definition) is 1. The van der Waals surface area contributed by atoms with Crippen molar-refractivity contribution in [3.8, 4) is 5.75 Å². The van der Waals surface area contributed by atoms with Crippen molar-refractivity contribution in [3.63, 3.8) is 0 Å². The Morgan fingerprint density at radius 3 is 2.62 bits per heavy atom. The van der Waals surface area contributed by atoms with Crippen LogP contribution in [0, 0.1) is 17.0 Å². The van der Waals surface area contributed by atoms with E-state index >= 15 is 0 Å². The van der Waals surface area contributed by atoms with Gasteiger partial charge >= 0.3 is 5.69 Å². The van der Waals surface area contributed by atoms with E-state index in [1.54, 1.807) is 6.92 Å². The van der Waals surface area contributed by atoms with Gasteiger partial charge in [0.1, 0.15) is 5.76 Å². The second-order valence-corrected chi connectivity index (χ2v) is 5.70. The smallest absolute Gasteiger partial charge is 0.310 e. The average molecular weight is 313 g/mol. The van der Waals surface area contributed by atoms with Crippen LogP contribution in [-0.4, -0.2) is 25.6 Å². The summed E-state index contributed by atoms with van der Waals surface area (Å²) in [6.07, 6.45) is 0. The lowest BCUT2D eigenvalue weighted by molar-refractivity contribution is -0.385. The van der Waals surface area contributed by atoms with Crippen molar-refractivity contribution in [1.29, 1.82) is 0 Å². The first-order valence-corrected chi connectivity index (χ1v) is 7.10. The summed E-state index contributed by atoms with van der Waals surface area (Å²) < 4.78 is 36.1. The van der Waals surface area contributed by atoms with E-state index in [1.807, 2.05) is 0 Å². The van der Waals surface area contributed by atoms with E-state index in [9.17, 15) is 18.5 Å². The Morgan fingerprint density at radius 1 is 1.38 bits per heavy atom. The first kappa shape index (κ1) is 14.8. The monoisotopic (exact) mass is 313 g/mol. The van der Waals surface area contributed by atoms with Crippen molar-refractivity contribution in [2.24, 2.45) is 0 Å². The number of nitro groups is 1. The van der Waals surface area contributed by atoms with Gasteiger partial charge in [-0.2, -0.15) is 0 Å². The SMILES string of the molecule is COc1cc(S(=O)(=O)Nc2cc(C)on2)ccc1[N+](=O)[O-]. The standard InChI is InChI=1S/C11H11N3O6S/c1-7-5-11(12-20-7)13-21(17,18)8-3-4-9(14(15)16)10(6-8)19-2/h3-6H,1-2H3,(H,12,13). The first-order valence-electron chi connectivity index (χ1n) is 5.62. The van der Waals surface area contributed by atoms with Gasteiger partial charge in [-0.05, 0) is 13.0 Å². The molecule has 21 heavy (non-hydrogen) atoms. The number of aryl methyl sites for hydroxylation is 1. The Balaban J connectivity index is 2.38. The van der Waals surface area contributed by atoms with Crippen molar-refractivity contribution in [2.45, 2.75) is 11.8 Å². The highest BCUT2D eigenvalue weighted by atomic mass is 32.2. The molecule has 0 aliphatic carbocycles. The van der Waals surface area contributed by atoms with Gasteiger partial charge in [-0.25, -0.2) is 8.42 Å². The van der Waals surface area contributed by atoms with E-state index in [0.717, 1.165) is 18.2 Å². The Morgan fingerprint density at radius 2 is 2.10 bits per heavy atom. The number of nitrogens with zero attached hydrogens (tertiary/aromatic N) is 2. The van der Waals surface area contributed by atoms with Crippen molar-refractivity contribution in [2.75, 3.05) is 11.8 Å². The Bertz CT molecular complexity index is 783. The molecule has 1 aromatic heterocycles. The number of ether oxygens (including phenoxy) is 1. The van der Waals surface area contributed by atoms with Gasteiger partial charge in [-0.15, -0.1) is 0 Å². The third kappa shape index (κ3) is 3.11. The summed E-state index contributed by atoms with van der Waals surface area (Å²) in [4.78, 5) is 9.92. The quantitative estimate of drug-likeness (QED) is 0.657. The van der Waals surface area contributed by atoms with Crippen LogP contribution in [0.1, 0.15) is 5.76 Å². The van der Waals surface area contributed by atoms with Gasteiger partial charge in [0.15, 0.2) is 11.6 Å². The van der Waals surface area contributed by atoms with Gasteiger partial charge in [0, 0.05) is 18.2 Å². The summed E-state index contributed by atoms with van der Waals surface area (Å²) in [5.41, 5.74) is -0.325. The zero-order valence-corrected chi connectivity index (χ0v) is 11.9. The van der Waals surface area contributed by atoms with Gasteiger partial charge < -0.3 is 9.26 Å². The summed E-state index contributed by atoms with van der Waals surface area (Å²) in [6, 6.07) is 4.63. The normalized spacial score (nSPS) is 11.1. The molecule has 0 radical (unpaired) electrons. The minimum absolute atomic E-state index is 0.0184. The third-order valence-electron chi connectivity index (χ3n) is 2.53. The molecule has 1 aromatic carbocycles. The van der Waals surface area contributed by atoms with Gasteiger partial charge in [-0.3, -0.25) is 14.8 Å². The summed E-state index contributed by atoms with van der Waals surface area (Å²) in [7, 11) is -2.73. The molecule has 2 aromatic rings. The van der Waals surface area contributed by atoms with Crippen LogP contribution in [0.4, 0.5) is 11.5 Å². The van der Waals surface area contributed by atoms with Gasteiger partial charge in [-0.1, -0.05) is 5.16 Å². The molecule has 112 valence electrons. The number of nitro benzene ring substituents is 1. The van der Waals surface area contributed by atoms with Crippen LogP contribution in [-0.2, 0) is 10.0 Å². The molecule has 0 saturated carbocycles. The largest absolute Gasteiger partial charge is 0.490 e. The molecule has 1 heterocycles. The number of rotatable bonds is 5. The van der Waals surface area contributed by atoms with Crippen LogP contribution >= 0.6 is 0 Å². The Hall–Kier alpha value is -2.62. The number of nitrogens with one attached hydrogen (secondary N) is 1. The summed E-state index contributed by atoms with van der Waals surface area (Å²) in [6.45, 7) is 1.61. The summed E-state index contributed by atoms with van der Waals surface area (Å²) in [5.74, 6) is 0.304. The van der Waals surface area contributed by atoms with E-state index in [4.69, 9.17) is 9.26 Å². The molecule has 0 bridgehead atoms. The Labute approximate surface area is 119 Å². The number of sulfonamides is 1. The maximum atomic E-state index is 12.1. The van der Waals surface area contributed by atoms with Crippen LogP contribution in [0.15, 0.2) is 33.7 Å². The first-order chi connectivity index (χ1) is 9.83. The fraction of sp³-hybridized carbons (Fsp3) is 0.182. The molecule has 10 heteroatoms. The third-order valence-corrected chi connectivity index (χ3v) is 3.88. The van der Waals surface area contributed by atoms with Gasteiger partial charge in [0.25, 0.3) is 10.0 Å². The minimum Gasteiger partial charge on any atom is -0.490 e. The van der Waals surface area contributed by atoms with Crippen molar-refractivity contribution < 1.29 is 22.6 Å². The molecule has 1 N–H and O–H groups in total. The predicted octanol–water partition coefficient (Wildman–Crippen LogP) is 1.70. The zero-order chi connectivity index (χ0) is 15.6. The van der Waals surface area contributed by atoms with E-state index < -0.39 is 14.9 Å². The number of aromatic nitrogens is 1. The van der Waals surface area contributed by atoms with E-state index in [0.29, 0.717) is 5.76 Å². The molecule has 0 aliphatic heterocycles. The maximum absolute atomic E-state index is 12.1. The van der Waals surface area contributed by atoms with Crippen molar-refractivity contribution in [3.05, 3.63) is 40.1 Å². The molecular formula is C11H11N3O6S. The highest BCUT2D eigenvalue weighted by molar-refractivity contribution is 7.92. The minimum atomic E-state index is -3.95. The van der Waals surface area contributed by atoms with Crippen LogP contribution in [0.5, 0.6) is 5.75 Å². The highest BCUT2D eigenvalue weighted by Gasteiger charge is 2.22. The fourth-order valence-corrected chi connectivity index (χ4v) is 2.59. The number of methoxy groups -OCH3 is 1. The molecule has 2 rings (SSSR count). The Kier molecular flexibility index (Phi) is 3.80. The molecule has 0 saturated heterocycles. The van der Waals surface area contributed by atoms with Gasteiger partial charge in [0.2, 0.25) is 0 Å². The van der Waals surface area contributed by atoms with E-state index in [2.05, 4.69) is 9.88 Å². The molecule has 0 aliphatic rings. The van der Waals surface area contributed by atoms with Crippen LogP contribution in [0.2, 0.25) is 0 Å². The molecule has 0 unspecified atom stereocenters. The summed E-state index contributed by atoms with van der Waals surface area (Å²) in [5, 5.41) is 14.3. The summed E-state index contributed by atoms with van der Waals surface area (Å²) >= 11 is 0. The number of anilines is 1. The second-order valence-electron chi connectivity index (χ2n) is 4.02. The molecular weight excluding hydrogens is 302 g/mol. The van der Waals surface area contributed by atoms with Crippen LogP contribution in [0.25, 0.3) is 0 Å². The van der Waals surface area contributed by atoms with Crippen molar-refractivity contribution >= 4 is 21.5 Å². The lowest BCUT2D eigenvalue weighted by Crippen LogP contribution is -2.13. The van der Waals surface area contributed by atoms with E-state index in [-0.39, 0.29) is 22.2 Å². The second kappa shape index (κ2) is 5.40. The van der Waals surface area contributed by atoms with Crippen LogP contribution in [0.3, 0.4) is 0 Å². The topological polar surface area (TPSA) is 125 Å². The van der Waals surface area contributed by atoms with Crippen LogP contribution < -0.4 is 9.46 Å². The maximum Gasteiger partial charge on any atom is 0.310 e. The molecule has 0 fully saturated rings. The average Bonchev–Trinajstić information content (AvgIpc) is 2.82. The zero-order valence-electron chi connectivity index (χ0n) is 11.1. The molecule has 0 amide bonds.